The summed E-state index contributed by atoms with van der Waals surface area (Å²) in [4.78, 5) is 0. The zero-order valence-electron chi connectivity index (χ0n) is 13.6. The van der Waals surface area contributed by atoms with E-state index in [1.54, 1.807) is 51.4 Å². The molecule has 1 atom stereocenters. The highest BCUT2D eigenvalue weighted by Gasteiger charge is 2.37. The van der Waals surface area contributed by atoms with Crippen molar-refractivity contribution in [2.75, 3.05) is 38.6 Å². The van der Waals surface area contributed by atoms with Gasteiger partial charge in [0.15, 0.2) is 0 Å². The van der Waals surface area contributed by atoms with Crippen LogP contribution in [0.2, 0.25) is 0 Å². The molecule has 0 aromatic heterocycles. The Morgan fingerprint density at radius 3 is 2.00 bits per heavy atom. The molecule has 8 heteroatoms. The van der Waals surface area contributed by atoms with Crippen molar-refractivity contribution in [2.24, 2.45) is 0 Å². The van der Waals surface area contributed by atoms with Gasteiger partial charge in [0.2, 0.25) is 0 Å². The van der Waals surface area contributed by atoms with Crippen molar-refractivity contribution in [1.82, 2.24) is 5.32 Å². The van der Waals surface area contributed by atoms with Crippen LogP contribution in [0.3, 0.4) is 0 Å². The van der Waals surface area contributed by atoms with Crippen LogP contribution in [0, 0.1) is 0 Å². The number of hydrogen-bond donors (Lipinski definition) is 2. The first-order valence-electron chi connectivity index (χ1n) is 7.23. The van der Waals surface area contributed by atoms with E-state index in [1.807, 2.05) is 0 Å². The van der Waals surface area contributed by atoms with Crippen molar-refractivity contribution < 1.29 is 18.2 Å². The lowest BCUT2D eigenvalue weighted by molar-refractivity contribution is 0.208. The van der Waals surface area contributed by atoms with Crippen LogP contribution in [-0.4, -0.2) is 32.8 Å². The van der Waals surface area contributed by atoms with Crippen LogP contribution in [-0.2, 0) is 18.2 Å². The Hall–Kier alpha value is -0.640. The summed E-state index contributed by atoms with van der Waals surface area (Å²) in [6.07, 6.45) is 0.242. The molecule has 0 heterocycles. The van der Waals surface area contributed by atoms with E-state index in [4.69, 9.17) is 14.8 Å². The van der Waals surface area contributed by atoms with Gasteiger partial charge in [0.1, 0.15) is 5.78 Å². The van der Waals surface area contributed by atoms with E-state index in [0.29, 0.717) is 5.69 Å². The SMILES string of the molecule is CCOP(=O)(OCC)C(NCP(C)(C)=O)c1ccc(N)cc1. The summed E-state index contributed by atoms with van der Waals surface area (Å²) in [5.74, 6) is -0.679. The van der Waals surface area contributed by atoms with Crippen LogP contribution in [0.15, 0.2) is 24.3 Å². The molecule has 1 aromatic rings. The van der Waals surface area contributed by atoms with E-state index < -0.39 is 20.5 Å². The third-order valence-electron chi connectivity index (χ3n) is 2.85. The Bertz CT molecular complexity index is 546. The van der Waals surface area contributed by atoms with Crippen LogP contribution < -0.4 is 11.1 Å². The Kier molecular flexibility index (Phi) is 7.30. The molecule has 126 valence electrons. The molecule has 0 fully saturated rings. The molecule has 1 rings (SSSR count). The average Bonchev–Trinajstić information content (AvgIpc) is 2.40. The Balaban J connectivity index is 3.16. The second-order valence-electron chi connectivity index (χ2n) is 5.38. The number of nitrogens with two attached hydrogens (primary N) is 1. The largest absolute Gasteiger partial charge is 0.399 e. The Morgan fingerprint density at radius 1 is 1.09 bits per heavy atom. The highest BCUT2D eigenvalue weighted by molar-refractivity contribution is 7.62. The molecular formula is C14H26N2O4P2. The fourth-order valence-corrected chi connectivity index (χ4v) is 4.65. The molecule has 0 bridgehead atoms. The number of nitrogens with one attached hydrogen (secondary N) is 1. The standard InChI is InChI=1S/C14H26N2O4P2/c1-5-19-22(18,20-6-2)14(16-11-21(3,4)17)12-7-9-13(15)10-8-12/h7-10,14,16H,5-6,11,15H2,1-4H3. The van der Waals surface area contributed by atoms with Crippen molar-refractivity contribution in [3.05, 3.63) is 29.8 Å². The summed E-state index contributed by atoms with van der Waals surface area (Å²) >= 11 is 0. The lowest BCUT2D eigenvalue weighted by Gasteiger charge is -2.28. The molecule has 1 aromatic carbocycles. The van der Waals surface area contributed by atoms with Gasteiger partial charge in [0.25, 0.3) is 0 Å². The average molecular weight is 348 g/mol. The topological polar surface area (TPSA) is 90.6 Å². The van der Waals surface area contributed by atoms with Gasteiger partial charge in [-0.25, -0.2) is 0 Å². The minimum absolute atomic E-state index is 0.242. The summed E-state index contributed by atoms with van der Waals surface area (Å²) in [7, 11) is -5.75. The van der Waals surface area contributed by atoms with Gasteiger partial charge < -0.3 is 19.3 Å². The van der Waals surface area contributed by atoms with E-state index in [0.717, 1.165) is 5.56 Å². The van der Waals surface area contributed by atoms with Crippen LogP contribution in [0.5, 0.6) is 0 Å². The molecule has 22 heavy (non-hydrogen) atoms. The summed E-state index contributed by atoms with van der Waals surface area (Å²) in [5, 5.41) is 3.09. The van der Waals surface area contributed by atoms with E-state index >= 15 is 0 Å². The molecule has 0 amide bonds. The van der Waals surface area contributed by atoms with Gasteiger partial charge in [0, 0.05) is 12.0 Å². The van der Waals surface area contributed by atoms with E-state index in [1.165, 1.54) is 0 Å². The highest BCUT2D eigenvalue weighted by Crippen LogP contribution is 2.60. The first-order valence-corrected chi connectivity index (χ1v) is 11.6. The lowest BCUT2D eigenvalue weighted by atomic mass is 10.2. The van der Waals surface area contributed by atoms with Crippen LogP contribution in [0.25, 0.3) is 0 Å². The van der Waals surface area contributed by atoms with Gasteiger partial charge in [-0.05, 0) is 44.9 Å². The third kappa shape index (κ3) is 5.86. The molecular weight excluding hydrogens is 322 g/mol. The van der Waals surface area contributed by atoms with E-state index in [-0.39, 0.29) is 19.5 Å². The summed E-state index contributed by atoms with van der Waals surface area (Å²) in [6, 6.07) is 7.00. The van der Waals surface area contributed by atoms with Gasteiger partial charge in [-0.15, -0.1) is 0 Å². The van der Waals surface area contributed by atoms with Crippen molar-refractivity contribution in [3.63, 3.8) is 0 Å². The monoisotopic (exact) mass is 348 g/mol. The molecule has 1 unspecified atom stereocenters. The molecule has 0 aliphatic carbocycles. The maximum Gasteiger partial charge on any atom is 0.351 e. The molecule has 6 nitrogen and oxygen atoms in total. The number of anilines is 1. The molecule has 0 radical (unpaired) electrons. The number of benzene rings is 1. The summed E-state index contributed by atoms with van der Waals surface area (Å²) in [6.45, 7) is 7.39. The minimum atomic E-state index is -3.43. The maximum absolute atomic E-state index is 13.1. The molecule has 0 saturated heterocycles. The first kappa shape index (κ1) is 19.4. The van der Waals surface area contributed by atoms with Crippen molar-refractivity contribution in [3.8, 4) is 0 Å². The Labute approximate surface area is 132 Å². The van der Waals surface area contributed by atoms with Crippen LogP contribution in [0.1, 0.15) is 25.2 Å². The first-order chi connectivity index (χ1) is 10.2. The Morgan fingerprint density at radius 2 is 1.59 bits per heavy atom. The highest BCUT2D eigenvalue weighted by atomic mass is 31.2. The lowest BCUT2D eigenvalue weighted by Crippen LogP contribution is -2.24. The second-order valence-corrected chi connectivity index (χ2v) is 11.0. The van der Waals surface area contributed by atoms with Crippen LogP contribution >= 0.6 is 14.7 Å². The number of rotatable bonds is 9. The van der Waals surface area contributed by atoms with Crippen molar-refractivity contribution in [1.29, 1.82) is 0 Å². The summed E-state index contributed by atoms with van der Waals surface area (Å²) < 4.78 is 35.9. The summed E-state index contributed by atoms with van der Waals surface area (Å²) in [5.41, 5.74) is 7.04. The van der Waals surface area contributed by atoms with Gasteiger partial charge in [0.05, 0.1) is 20.4 Å². The maximum atomic E-state index is 13.1. The fourth-order valence-electron chi connectivity index (χ4n) is 1.94. The normalized spacial score (nSPS) is 14.0. The minimum Gasteiger partial charge on any atom is -0.399 e. The molecule has 3 N–H and O–H groups in total. The quantitative estimate of drug-likeness (QED) is 0.522. The van der Waals surface area contributed by atoms with E-state index in [9.17, 15) is 9.13 Å². The number of hydrogen-bond acceptors (Lipinski definition) is 6. The zero-order valence-corrected chi connectivity index (χ0v) is 15.4. The predicted molar refractivity (Wildman–Crippen MR) is 91.9 cm³/mol. The fraction of sp³-hybridized carbons (Fsp3) is 0.571. The van der Waals surface area contributed by atoms with Gasteiger partial charge in [-0.2, -0.15) is 0 Å². The molecule has 0 aliphatic rings. The molecule has 0 saturated carbocycles. The van der Waals surface area contributed by atoms with Crippen molar-refractivity contribution >= 4 is 20.4 Å². The van der Waals surface area contributed by atoms with E-state index in [2.05, 4.69) is 5.32 Å². The van der Waals surface area contributed by atoms with Crippen LogP contribution in [0.4, 0.5) is 5.69 Å². The van der Waals surface area contributed by atoms with Crippen molar-refractivity contribution in [2.45, 2.75) is 19.6 Å². The van der Waals surface area contributed by atoms with Gasteiger partial charge in [-0.3, -0.25) is 9.88 Å². The molecule has 0 spiro atoms. The van der Waals surface area contributed by atoms with Gasteiger partial charge >= 0.3 is 7.60 Å². The number of nitrogen functional groups attached to an aromatic ring is 1. The van der Waals surface area contributed by atoms with Gasteiger partial charge in [-0.1, -0.05) is 12.1 Å². The smallest absolute Gasteiger partial charge is 0.351 e. The molecule has 0 aliphatic heterocycles. The second kappa shape index (κ2) is 8.28. The predicted octanol–water partition coefficient (Wildman–Crippen LogP) is 3.70. The zero-order chi connectivity index (χ0) is 16.8. The third-order valence-corrected chi connectivity index (χ3v) is 6.15.